The fourth-order valence-electron chi connectivity index (χ4n) is 0.835. The van der Waals surface area contributed by atoms with E-state index in [1.54, 1.807) is 0 Å². The number of halogens is 3. The summed E-state index contributed by atoms with van der Waals surface area (Å²) in [6.45, 7) is -0.280. The molecule has 1 aromatic carbocycles. The summed E-state index contributed by atoms with van der Waals surface area (Å²) >= 11 is 8.60. The van der Waals surface area contributed by atoms with Gasteiger partial charge in [-0.15, -0.1) is 0 Å². The predicted molar refractivity (Wildman–Crippen MR) is 55.2 cm³/mol. The summed E-state index contributed by atoms with van der Waals surface area (Å²) in [5.74, 6) is -1.56. The number of anilines is 1. The average Bonchev–Trinajstić information content (AvgIpc) is 2.10. The first kappa shape index (κ1) is 11.3. The van der Waals surface area contributed by atoms with Gasteiger partial charge in [-0.2, -0.15) is 0 Å². The van der Waals surface area contributed by atoms with Crippen molar-refractivity contribution in [2.24, 2.45) is 0 Å². The third-order valence-corrected chi connectivity index (χ3v) is 2.76. The zero-order valence-corrected chi connectivity index (χ0v) is 9.19. The van der Waals surface area contributed by atoms with Gasteiger partial charge in [-0.25, -0.2) is 4.39 Å². The maximum atomic E-state index is 13.0. The highest BCUT2D eigenvalue weighted by molar-refractivity contribution is 9.10. The second kappa shape index (κ2) is 4.61. The maximum Gasteiger partial charge on any atom is 0.322 e. The van der Waals surface area contributed by atoms with Crippen LogP contribution in [0.3, 0.4) is 0 Å². The van der Waals surface area contributed by atoms with Crippen LogP contribution in [0.4, 0.5) is 10.1 Å². The summed E-state index contributed by atoms with van der Waals surface area (Å²) in [4.78, 5) is 10.2. The van der Waals surface area contributed by atoms with Crippen LogP contribution in [-0.2, 0) is 4.79 Å². The van der Waals surface area contributed by atoms with Gasteiger partial charge >= 0.3 is 5.97 Å². The molecule has 2 N–H and O–H groups in total. The van der Waals surface area contributed by atoms with Crippen molar-refractivity contribution in [2.45, 2.75) is 0 Å². The molecule has 0 radical (unpaired) electrons. The van der Waals surface area contributed by atoms with E-state index in [4.69, 9.17) is 16.7 Å². The van der Waals surface area contributed by atoms with E-state index in [1.165, 1.54) is 12.1 Å². The molecule has 0 atom stereocenters. The SMILES string of the molecule is O=C(O)CNc1cc(F)c(Br)c(Cl)c1. The molecule has 0 spiro atoms. The molecule has 0 aliphatic heterocycles. The van der Waals surface area contributed by atoms with Crippen LogP contribution in [0.1, 0.15) is 0 Å². The highest BCUT2D eigenvalue weighted by Gasteiger charge is 2.07. The summed E-state index contributed by atoms with van der Waals surface area (Å²) in [5.41, 5.74) is 0.332. The molecule has 6 heteroatoms. The molecule has 0 fully saturated rings. The minimum absolute atomic E-state index is 0.167. The monoisotopic (exact) mass is 281 g/mol. The quantitative estimate of drug-likeness (QED) is 0.838. The standard InChI is InChI=1S/C8H6BrClFNO2/c9-8-5(10)1-4(2-6(8)11)12-3-7(13)14/h1-2,12H,3H2,(H,13,14). The van der Waals surface area contributed by atoms with Crippen LogP contribution < -0.4 is 5.32 Å². The summed E-state index contributed by atoms with van der Waals surface area (Å²) in [5, 5.41) is 11.1. The van der Waals surface area contributed by atoms with E-state index in [0.29, 0.717) is 5.69 Å². The molecular formula is C8H6BrClFNO2. The Morgan fingerprint density at radius 2 is 2.29 bits per heavy atom. The average molecular weight is 282 g/mol. The number of hydrogen-bond donors (Lipinski definition) is 2. The number of benzene rings is 1. The molecule has 0 heterocycles. The van der Waals surface area contributed by atoms with E-state index in [1.807, 2.05) is 0 Å². The third kappa shape index (κ3) is 2.85. The van der Waals surface area contributed by atoms with Crippen LogP contribution in [0.5, 0.6) is 0 Å². The minimum atomic E-state index is -1.02. The van der Waals surface area contributed by atoms with Crippen molar-refractivity contribution in [3.8, 4) is 0 Å². The Balaban J connectivity index is 2.84. The van der Waals surface area contributed by atoms with Gasteiger partial charge in [0.25, 0.3) is 0 Å². The lowest BCUT2D eigenvalue weighted by Gasteiger charge is -2.05. The number of nitrogens with one attached hydrogen (secondary N) is 1. The van der Waals surface area contributed by atoms with Gasteiger partial charge in [0.05, 0.1) is 9.50 Å². The number of rotatable bonds is 3. The van der Waals surface area contributed by atoms with Crippen molar-refractivity contribution in [3.05, 3.63) is 27.4 Å². The molecule has 1 aromatic rings. The predicted octanol–water partition coefficient (Wildman–Crippen LogP) is 2.74. The Morgan fingerprint density at radius 1 is 1.64 bits per heavy atom. The first-order valence-corrected chi connectivity index (χ1v) is 4.78. The van der Waals surface area contributed by atoms with Gasteiger partial charge < -0.3 is 10.4 Å². The normalized spacial score (nSPS) is 9.93. The molecule has 14 heavy (non-hydrogen) atoms. The fraction of sp³-hybridized carbons (Fsp3) is 0.125. The lowest BCUT2D eigenvalue weighted by molar-refractivity contribution is -0.134. The van der Waals surface area contributed by atoms with Crippen LogP contribution in [0.2, 0.25) is 5.02 Å². The first-order valence-electron chi connectivity index (χ1n) is 3.61. The lowest BCUT2D eigenvalue weighted by atomic mass is 10.3. The zero-order chi connectivity index (χ0) is 10.7. The molecule has 3 nitrogen and oxygen atoms in total. The van der Waals surface area contributed by atoms with Gasteiger partial charge in [0.15, 0.2) is 0 Å². The van der Waals surface area contributed by atoms with E-state index in [2.05, 4.69) is 21.2 Å². The largest absolute Gasteiger partial charge is 0.480 e. The molecule has 1 rings (SSSR count). The Bertz CT molecular complexity index is 349. The van der Waals surface area contributed by atoms with E-state index in [0.717, 1.165) is 0 Å². The topological polar surface area (TPSA) is 49.3 Å². The van der Waals surface area contributed by atoms with Gasteiger partial charge in [0.2, 0.25) is 0 Å². The molecule has 0 aromatic heterocycles. The summed E-state index contributed by atoms with van der Waals surface area (Å²) in [6, 6.07) is 2.61. The minimum Gasteiger partial charge on any atom is -0.480 e. The second-order valence-electron chi connectivity index (χ2n) is 2.50. The van der Waals surface area contributed by atoms with Gasteiger partial charge in [-0.05, 0) is 28.1 Å². The molecule has 0 aliphatic carbocycles. The maximum absolute atomic E-state index is 13.0. The zero-order valence-electron chi connectivity index (χ0n) is 6.85. The Hall–Kier alpha value is -0.810. The summed E-state index contributed by atoms with van der Waals surface area (Å²) in [6.07, 6.45) is 0. The summed E-state index contributed by atoms with van der Waals surface area (Å²) in [7, 11) is 0. The van der Waals surface area contributed by atoms with Gasteiger partial charge in [-0.1, -0.05) is 11.6 Å². The molecule has 0 saturated carbocycles. The Morgan fingerprint density at radius 3 is 2.79 bits per heavy atom. The van der Waals surface area contributed by atoms with Crippen LogP contribution in [0.15, 0.2) is 16.6 Å². The first-order chi connectivity index (χ1) is 6.50. The van der Waals surface area contributed by atoms with Gasteiger partial charge in [0.1, 0.15) is 12.4 Å². The van der Waals surface area contributed by atoms with Gasteiger partial charge in [0, 0.05) is 5.69 Å². The third-order valence-electron chi connectivity index (χ3n) is 1.43. The fourth-order valence-corrected chi connectivity index (χ4v) is 1.27. The van der Waals surface area contributed by atoms with E-state index in [-0.39, 0.29) is 16.0 Å². The van der Waals surface area contributed by atoms with Crippen molar-refractivity contribution in [1.29, 1.82) is 0 Å². The van der Waals surface area contributed by atoms with Crippen molar-refractivity contribution in [2.75, 3.05) is 11.9 Å². The number of hydrogen-bond acceptors (Lipinski definition) is 2. The van der Waals surface area contributed by atoms with Crippen molar-refractivity contribution in [3.63, 3.8) is 0 Å². The molecule has 0 aliphatic rings. The molecule has 0 unspecified atom stereocenters. The van der Waals surface area contributed by atoms with Crippen molar-refractivity contribution >= 4 is 39.2 Å². The molecule has 0 bridgehead atoms. The van der Waals surface area contributed by atoms with Crippen molar-refractivity contribution in [1.82, 2.24) is 0 Å². The molecule has 76 valence electrons. The number of aliphatic carboxylic acids is 1. The smallest absolute Gasteiger partial charge is 0.322 e. The molecule has 0 saturated heterocycles. The highest BCUT2D eigenvalue weighted by atomic mass is 79.9. The Labute approximate surface area is 93.0 Å². The van der Waals surface area contributed by atoms with E-state index < -0.39 is 11.8 Å². The lowest BCUT2D eigenvalue weighted by Crippen LogP contribution is -2.12. The molecular weight excluding hydrogens is 276 g/mol. The van der Waals surface area contributed by atoms with Crippen LogP contribution in [0.25, 0.3) is 0 Å². The van der Waals surface area contributed by atoms with E-state index >= 15 is 0 Å². The second-order valence-corrected chi connectivity index (χ2v) is 3.70. The molecule has 0 amide bonds. The highest BCUT2D eigenvalue weighted by Crippen LogP contribution is 2.28. The number of carbonyl (C=O) groups is 1. The van der Waals surface area contributed by atoms with Crippen LogP contribution >= 0.6 is 27.5 Å². The van der Waals surface area contributed by atoms with Crippen molar-refractivity contribution < 1.29 is 14.3 Å². The number of carboxylic acids is 1. The number of carboxylic acid groups (broad SMARTS) is 1. The van der Waals surface area contributed by atoms with Crippen LogP contribution in [-0.4, -0.2) is 17.6 Å². The van der Waals surface area contributed by atoms with E-state index in [9.17, 15) is 9.18 Å². The van der Waals surface area contributed by atoms with Gasteiger partial charge in [-0.3, -0.25) is 4.79 Å². The van der Waals surface area contributed by atoms with Crippen LogP contribution in [0, 0.1) is 5.82 Å². The Kier molecular flexibility index (Phi) is 3.71. The summed E-state index contributed by atoms with van der Waals surface area (Å²) < 4.78 is 13.2.